The van der Waals surface area contributed by atoms with Crippen molar-refractivity contribution in [1.29, 1.82) is 0 Å². The topological polar surface area (TPSA) is 29.4 Å². The lowest BCUT2D eigenvalue weighted by Gasteiger charge is -2.25. The third kappa shape index (κ3) is 8.71. The maximum atomic E-state index is 10.5. The molecule has 0 N–H and O–H groups in total. The summed E-state index contributed by atoms with van der Waals surface area (Å²) < 4.78 is 0. The van der Waals surface area contributed by atoms with Crippen LogP contribution in [0.25, 0.3) is 0 Å². The van der Waals surface area contributed by atoms with Gasteiger partial charge in [-0.3, -0.25) is 0 Å². The second-order valence-electron chi connectivity index (χ2n) is 6.51. The van der Waals surface area contributed by atoms with E-state index >= 15 is 0 Å². The van der Waals surface area contributed by atoms with E-state index in [-0.39, 0.29) is 0 Å². The number of aliphatic imine (C=N–C) groups is 1. The van der Waals surface area contributed by atoms with Crippen LogP contribution >= 0.6 is 0 Å². The average molecular weight is 316 g/mol. The molecule has 0 aliphatic heterocycles. The van der Waals surface area contributed by atoms with Crippen molar-refractivity contribution < 1.29 is 4.79 Å². The van der Waals surface area contributed by atoms with Gasteiger partial charge in [0.05, 0.1) is 5.70 Å². The fraction of sp³-hybridized carbons (Fsp3) is 0.667. The first-order chi connectivity index (χ1) is 11.3. The molecular formula is C21H33NO. The van der Waals surface area contributed by atoms with E-state index in [1.165, 1.54) is 44.9 Å². The monoisotopic (exact) mass is 315 g/mol. The summed E-state index contributed by atoms with van der Waals surface area (Å²) in [5, 5.41) is 0. The molecule has 1 rings (SSSR count). The lowest BCUT2D eigenvalue weighted by molar-refractivity contribution is 0.447. The summed E-state index contributed by atoms with van der Waals surface area (Å²) in [7, 11) is 0. The van der Waals surface area contributed by atoms with Crippen LogP contribution in [0.5, 0.6) is 0 Å². The van der Waals surface area contributed by atoms with Gasteiger partial charge in [-0.2, -0.15) is 4.99 Å². The fourth-order valence-electron chi connectivity index (χ4n) is 3.07. The van der Waals surface area contributed by atoms with Gasteiger partial charge in [-0.25, -0.2) is 4.79 Å². The van der Waals surface area contributed by atoms with Crippen LogP contribution in [0.3, 0.4) is 0 Å². The molecule has 0 aromatic carbocycles. The Hall–Kier alpha value is -1.40. The minimum atomic E-state index is 0.469. The van der Waals surface area contributed by atoms with E-state index in [9.17, 15) is 4.79 Å². The zero-order valence-electron chi connectivity index (χ0n) is 15.0. The van der Waals surface area contributed by atoms with Crippen LogP contribution in [-0.4, -0.2) is 6.08 Å². The van der Waals surface area contributed by atoms with Crippen LogP contribution in [0.4, 0.5) is 0 Å². The standard InChI is InChI=1S/C21H33NO/c1-3-5-7-9-11-13-19-15-16-21(22-18-23)17-20(19)14-12-10-8-6-4-2/h11-14,16,19-20H,3-10,15,17H2,1-2H3. The Morgan fingerprint density at radius 2 is 1.65 bits per heavy atom. The van der Waals surface area contributed by atoms with Crippen molar-refractivity contribution in [3.8, 4) is 0 Å². The Balaban J connectivity index is 2.57. The van der Waals surface area contributed by atoms with Crippen LogP contribution in [0.15, 0.2) is 41.1 Å². The molecule has 2 unspecified atom stereocenters. The molecule has 128 valence electrons. The highest BCUT2D eigenvalue weighted by Gasteiger charge is 2.21. The molecule has 0 saturated heterocycles. The first-order valence-corrected chi connectivity index (χ1v) is 9.42. The van der Waals surface area contributed by atoms with E-state index in [0.29, 0.717) is 11.8 Å². The summed E-state index contributed by atoms with van der Waals surface area (Å²) in [5.41, 5.74) is 0.902. The summed E-state index contributed by atoms with van der Waals surface area (Å²) in [6, 6.07) is 0. The van der Waals surface area contributed by atoms with Gasteiger partial charge < -0.3 is 0 Å². The Labute approximate surface area is 142 Å². The van der Waals surface area contributed by atoms with E-state index in [1.807, 2.05) is 0 Å². The van der Waals surface area contributed by atoms with Gasteiger partial charge in [-0.05, 0) is 50.4 Å². The van der Waals surface area contributed by atoms with Gasteiger partial charge in [0.25, 0.3) is 0 Å². The minimum Gasteiger partial charge on any atom is -0.211 e. The number of hydrogen-bond donors (Lipinski definition) is 0. The highest BCUT2D eigenvalue weighted by Crippen LogP contribution is 2.32. The van der Waals surface area contributed by atoms with Gasteiger partial charge in [-0.15, -0.1) is 0 Å². The molecule has 2 nitrogen and oxygen atoms in total. The molecule has 0 spiro atoms. The fourth-order valence-corrected chi connectivity index (χ4v) is 3.07. The first-order valence-electron chi connectivity index (χ1n) is 9.42. The maximum Gasteiger partial charge on any atom is 0.240 e. The molecule has 1 aliphatic carbocycles. The largest absolute Gasteiger partial charge is 0.240 e. The van der Waals surface area contributed by atoms with Gasteiger partial charge >= 0.3 is 0 Å². The molecule has 0 heterocycles. The summed E-state index contributed by atoms with van der Waals surface area (Å²) in [6.07, 6.45) is 25.1. The quantitative estimate of drug-likeness (QED) is 0.185. The number of rotatable bonds is 11. The number of isocyanates is 1. The second kappa shape index (κ2) is 13.1. The maximum absolute atomic E-state index is 10.5. The highest BCUT2D eigenvalue weighted by molar-refractivity contribution is 5.37. The summed E-state index contributed by atoms with van der Waals surface area (Å²) in [4.78, 5) is 14.3. The minimum absolute atomic E-state index is 0.469. The van der Waals surface area contributed by atoms with Crippen molar-refractivity contribution in [3.05, 3.63) is 36.1 Å². The van der Waals surface area contributed by atoms with Gasteiger partial charge in [0.2, 0.25) is 6.08 Å². The molecule has 2 heteroatoms. The normalized spacial score (nSPS) is 21.6. The van der Waals surface area contributed by atoms with Crippen LogP contribution < -0.4 is 0 Å². The zero-order valence-corrected chi connectivity index (χ0v) is 15.0. The Bertz CT molecular complexity index is 441. The molecule has 0 fully saturated rings. The molecule has 2 atom stereocenters. The van der Waals surface area contributed by atoms with Crippen molar-refractivity contribution >= 4 is 6.08 Å². The van der Waals surface area contributed by atoms with Gasteiger partial charge in [0.1, 0.15) is 0 Å². The van der Waals surface area contributed by atoms with Crippen LogP contribution in [0.1, 0.15) is 78.1 Å². The van der Waals surface area contributed by atoms with E-state index in [1.54, 1.807) is 6.08 Å². The van der Waals surface area contributed by atoms with Gasteiger partial charge in [0.15, 0.2) is 0 Å². The Morgan fingerprint density at radius 1 is 1.04 bits per heavy atom. The SMILES string of the molecule is CCCCCC=CC1CC=C(N=C=O)CC1C=CCCCCC. The third-order valence-corrected chi connectivity index (χ3v) is 4.52. The van der Waals surface area contributed by atoms with E-state index in [4.69, 9.17) is 0 Å². The molecular weight excluding hydrogens is 282 g/mol. The van der Waals surface area contributed by atoms with Crippen molar-refractivity contribution in [2.24, 2.45) is 16.8 Å². The van der Waals surface area contributed by atoms with Gasteiger partial charge in [0, 0.05) is 0 Å². The molecule has 23 heavy (non-hydrogen) atoms. The summed E-state index contributed by atoms with van der Waals surface area (Å²) in [6.45, 7) is 4.48. The van der Waals surface area contributed by atoms with Crippen molar-refractivity contribution in [1.82, 2.24) is 0 Å². The third-order valence-electron chi connectivity index (χ3n) is 4.52. The molecule has 0 aromatic heterocycles. The molecule has 0 aromatic rings. The van der Waals surface area contributed by atoms with Crippen LogP contribution in [0.2, 0.25) is 0 Å². The summed E-state index contributed by atoms with van der Waals surface area (Å²) in [5.74, 6) is 1.01. The summed E-state index contributed by atoms with van der Waals surface area (Å²) >= 11 is 0. The number of carbonyl (C=O) groups excluding carboxylic acids is 1. The molecule has 0 radical (unpaired) electrons. The number of unbranched alkanes of at least 4 members (excludes halogenated alkanes) is 6. The second-order valence-corrected chi connectivity index (χ2v) is 6.51. The number of allylic oxidation sites excluding steroid dienone is 6. The predicted molar refractivity (Wildman–Crippen MR) is 99.0 cm³/mol. The smallest absolute Gasteiger partial charge is 0.211 e. The molecule has 0 bridgehead atoms. The van der Waals surface area contributed by atoms with E-state index in [0.717, 1.165) is 25.0 Å². The zero-order chi connectivity index (χ0) is 16.8. The van der Waals surface area contributed by atoms with E-state index in [2.05, 4.69) is 49.2 Å². The molecule has 1 aliphatic rings. The molecule has 0 saturated carbocycles. The van der Waals surface area contributed by atoms with Crippen molar-refractivity contribution in [2.45, 2.75) is 78.1 Å². The highest BCUT2D eigenvalue weighted by atomic mass is 16.1. The average Bonchev–Trinajstić information content (AvgIpc) is 2.56. The predicted octanol–water partition coefficient (Wildman–Crippen LogP) is 6.51. The van der Waals surface area contributed by atoms with Crippen molar-refractivity contribution in [2.75, 3.05) is 0 Å². The lowest BCUT2D eigenvalue weighted by Crippen LogP contribution is -2.15. The first kappa shape index (κ1) is 19.6. The Kier molecular flexibility index (Phi) is 11.2. The van der Waals surface area contributed by atoms with E-state index < -0.39 is 0 Å². The van der Waals surface area contributed by atoms with Crippen molar-refractivity contribution in [3.63, 3.8) is 0 Å². The molecule has 0 amide bonds. The lowest BCUT2D eigenvalue weighted by atomic mass is 9.81. The number of nitrogens with zero attached hydrogens (tertiary/aromatic N) is 1. The van der Waals surface area contributed by atoms with Crippen LogP contribution in [-0.2, 0) is 4.79 Å². The van der Waals surface area contributed by atoms with Gasteiger partial charge in [-0.1, -0.05) is 69.9 Å². The number of hydrogen-bond acceptors (Lipinski definition) is 2. The van der Waals surface area contributed by atoms with Crippen LogP contribution in [0, 0.1) is 11.8 Å². The Morgan fingerprint density at radius 3 is 2.22 bits per heavy atom.